The van der Waals surface area contributed by atoms with Gasteiger partial charge in [0.05, 0.1) is 11.7 Å². The minimum Gasteiger partial charge on any atom is -0.480 e. The molecule has 33 heavy (non-hydrogen) atoms. The molecule has 1 amide bonds. The van der Waals surface area contributed by atoms with Gasteiger partial charge < -0.3 is 9.84 Å². The summed E-state index contributed by atoms with van der Waals surface area (Å²) >= 11 is 6.31. The smallest absolute Gasteiger partial charge is 0.411 e. The van der Waals surface area contributed by atoms with E-state index in [1.54, 1.807) is 20.8 Å². The SMILES string of the molecule is Cc1cnc2c(c1)CCc1cc(Cl)ccc1C2N1CCN(C(=O)OC(C)(C)C)[C@@H](C(=O)O)C1. The first-order valence-corrected chi connectivity index (χ1v) is 11.6. The lowest BCUT2D eigenvalue weighted by Gasteiger charge is -2.43. The molecule has 8 heteroatoms. The molecule has 1 aromatic heterocycles. The van der Waals surface area contributed by atoms with Gasteiger partial charge in [-0.05, 0) is 74.9 Å². The minimum absolute atomic E-state index is 0.177. The lowest BCUT2D eigenvalue weighted by Crippen LogP contribution is -2.59. The van der Waals surface area contributed by atoms with Gasteiger partial charge in [-0.15, -0.1) is 0 Å². The second kappa shape index (κ2) is 8.95. The topological polar surface area (TPSA) is 83.0 Å². The summed E-state index contributed by atoms with van der Waals surface area (Å²) in [5, 5.41) is 10.7. The molecular weight excluding hydrogens is 442 g/mol. The maximum atomic E-state index is 12.7. The number of carbonyl (C=O) groups excluding carboxylic acids is 1. The van der Waals surface area contributed by atoms with E-state index in [2.05, 4.69) is 11.0 Å². The molecule has 0 spiro atoms. The molecule has 1 aromatic carbocycles. The van der Waals surface area contributed by atoms with Crippen molar-refractivity contribution in [2.75, 3.05) is 19.6 Å². The van der Waals surface area contributed by atoms with E-state index in [1.165, 1.54) is 4.90 Å². The number of hydrogen-bond acceptors (Lipinski definition) is 5. The Kier molecular flexibility index (Phi) is 6.38. The van der Waals surface area contributed by atoms with Crippen LogP contribution in [0, 0.1) is 6.92 Å². The highest BCUT2D eigenvalue weighted by atomic mass is 35.5. The standard InChI is InChI=1S/C25H30ClN3O4/c1-15-11-17-6-5-16-12-18(26)7-8-19(16)22(21(17)27-13-15)28-9-10-29(20(14-28)23(30)31)24(32)33-25(2,3)4/h7-8,11-13,20,22H,5-6,9-10,14H2,1-4H3,(H,30,31)/t20-,22?/m1/s1. The zero-order valence-corrected chi connectivity index (χ0v) is 20.2. The Morgan fingerprint density at radius 2 is 1.88 bits per heavy atom. The summed E-state index contributed by atoms with van der Waals surface area (Å²) in [6.07, 6.45) is 2.94. The van der Waals surface area contributed by atoms with Crippen LogP contribution in [-0.4, -0.2) is 63.2 Å². The molecule has 4 rings (SSSR count). The van der Waals surface area contributed by atoms with Crippen molar-refractivity contribution in [1.82, 2.24) is 14.8 Å². The first kappa shape index (κ1) is 23.5. The number of rotatable bonds is 2. The van der Waals surface area contributed by atoms with Crippen molar-refractivity contribution in [3.05, 3.63) is 63.4 Å². The first-order chi connectivity index (χ1) is 15.5. The fraction of sp³-hybridized carbons (Fsp3) is 0.480. The number of hydrogen-bond donors (Lipinski definition) is 1. The van der Waals surface area contributed by atoms with E-state index in [9.17, 15) is 14.7 Å². The number of carbonyl (C=O) groups is 2. The molecule has 0 saturated carbocycles. The number of aliphatic carboxylic acids is 1. The van der Waals surface area contributed by atoms with Crippen LogP contribution in [0.3, 0.4) is 0 Å². The van der Waals surface area contributed by atoms with Crippen molar-refractivity contribution < 1.29 is 19.4 Å². The lowest BCUT2D eigenvalue weighted by molar-refractivity contribution is -0.146. The zero-order chi connectivity index (χ0) is 23.9. The predicted octanol–water partition coefficient (Wildman–Crippen LogP) is 4.24. The predicted molar refractivity (Wildman–Crippen MR) is 126 cm³/mol. The lowest BCUT2D eigenvalue weighted by atomic mass is 9.95. The number of carboxylic acids is 1. The third-order valence-corrected chi connectivity index (χ3v) is 6.39. The number of piperazine rings is 1. The van der Waals surface area contributed by atoms with E-state index < -0.39 is 23.7 Å². The molecule has 1 unspecified atom stereocenters. The monoisotopic (exact) mass is 471 g/mol. The third kappa shape index (κ3) is 4.99. The Morgan fingerprint density at radius 3 is 2.58 bits per heavy atom. The molecule has 7 nitrogen and oxygen atoms in total. The van der Waals surface area contributed by atoms with E-state index >= 15 is 0 Å². The van der Waals surface area contributed by atoms with Crippen LogP contribution >= 0.6 is 11.6 Å². The number of halogens is 1. The maximum absolute atomic E-state index is 12.7. The number of amides is 1. The van der Waals surface area contributed by atoms with Crippen molar-refractivity contribution >= 4 is 23.7 Å². The summed E-state index contributed by atoms with van der Waals surface area (Å²) in [4.78, 5) is 33.2. The molecule has 0 bridgehead atoms. The van der Waals surface area contributed by atoms with E-state index in [4.69, 9.17) is 21.3 Å². The Labute approximate surface area is 199 Å². The Balaban J connectivity index is 1.71. The normalized spacial score (nSPS) is 21.1. The van der Waals surface area contributed by atoms with E-state index in [0.29, 0.717) is 11.6 Å². The molecule has 1 saturated heterocycles. The molecule has 1 N–H and O–H groups in total. The molecule has 2 heterocycles. The van der Waals surface area contributed by atoms with Crippen molar-refractivity contribution in [3.63, 3.8) is 0 Å². The second-order valence-electron chi connectivity index (χ2n) is 9.83. The first-order valence-electron chi connectivity index (χ1n) is 11.2. The van der Waals surface area contributed by atoms with Crippen LogP contribution in [-0.2, 0) is 22.4 Å². The van der Waals surface area contributed by atoms with E-state index in [-0.39, 0.29) is 19.1 Å². The fourth-order valence-corrected chi connectivity index (χ4v) is 4.91. The van der Waals surface area contributed by atoms with Crippen LogP contribution in [0.25, 0.3) is 0 Å². The number of pyridine rings is 1. The van der Waals surface area contributed by atoms with Gasteiger partial charge in [-0.1, -0.05) is 23.7 Å². The molecule has 1 aliphatic heterocycles. The van der Waals surface area contributed by atoms with Crippen LogP contribution in [0.15, 0.2) is 30.5 Å². The molecule has 1 aliphatic carbocycles. The quantitative estimate of drug-likeness (QED) is 0.705. The Morgan fingerprint density at radius 1 is 1.15 bits per heavy atom. The second-order valence-corrected chi connectivity index (χ2v) is 10.3. The number of benzene rings is 1. The average molecular weight is 472 g/mol. The van der Waals surface area contributed by atoms with Crippen LogP contribution < -0.4 is 0 Å². The summed E-state index contributed by atoms with van der Waals surface area (Å²) in [7, 11) is 0. The van der Waals surface area contributed by atoms with Crippen LogP contribution in [0.5, 0.6) is 0 Å². The van der Waals surface area contributed by atoms with Gasteiger partial charge >= 0.3 is 12.1 Å². The van der Waals surface area contributed by atoms with E-state index in [1.807, 2.05) is 31.3 Å². The molecule has 2 atom stereocenters. The van der Waals surface area contributed by atoms with Gasteiger partial charge in [-0.25, -0.2) is 9.59 Å². The van der Waals surface area contributed by atoms with Crippen LogP contribution in [0.4, 0.5) is 4.79 Å². The third-order valence-electron chi connectivity index (χ3n) is 6.15. The summed E-state index contributed by atoms with van der Waals surface area (Å²) in [5.41, 5.74) is 4.73. The molecular formula is C25H30ClN3O4. The van der Waals surface area contributed by atoms with E-state index in [0.717, 1.165) is 40.8 Å². The maximum Gasteiger partial charge on any atom is 0.411 e. The van der Waals surface area contributed by atoms with Gasteiger partial charge in [-0.3, -0.25) is 14.8 Å². The number of nitrogens with zero attached hydrogens (tertiary/aromatic N) is 3. The van der Waals surface area contributed by atoms with Gasteiger partial charge in [0, 0.05) is 30.9 Å². The van der Waals surface area contributed by atoms with Crippen LogP contribution in [0.1, 0.15) is 54.8 Å². The zero-order valence-electron chi connectivity index (χ0n) is 19.5. The molecule has 2 aliphatic rings. The number of ether oxygens (including phenoxy) is 1. The minimum atomic E-state index is -1.05. The fourth-order valence-electron chi connectivity index (χ4n) is 4.72. The van der Waals surface area contributed by atoms with Gasteiger partial charge in [0.25, 0.3) is 0 Å². The van der Waals surface area contributed by atoms with Crippen molar-refractivity contribution in [1.29, 1.82) is 0 Å². The summed E-state index contributed by atoms with van der Waals surface area (Å²) in [5.74, 6) is -1.05. The largest absolute Gasteiger partial charge is 0.480 e. The van der Waals surface area contributed by atoms with Gasteiger partial charge in [0.1, 0.15) is 11.6 Å². The van der Waals surface area contributed by atoms with Crippen molar-refractivity contribution in [2.45, 2.75) is 58.2 Å². The number of carboxylic acid groups (broad SMARTS) is 1. The number of fused-ring (bicyclic) bond motifs is 2. The number of aryl methyl sites for hydroxylation is 3. The van der Waals surface area contributed by atoms with Gasteiger partial charge in [0.15, 0.2) is 0 Å². The highest BCUT2D eigenvalue weighted by Crippen LogP contribution is 2.38. The summed E-state index contributed by atoms with van der Waals surface area (Å²) in [6.45, 7) is 8.28. The Bertz CT molecular complexity index is 1030. The highest BCUT2D eigenvalue weighted by Gasteiger charge is 2.41. The van der Waals surface area contributed by atoms with Crippen molar-refractivity contribution in [2.24, 2.45) is 0 Å². The number of aromatic nitrogens is 1. The summed E-state index contributed by atoms with van der Waals surface area (Å²) in [6, 6.07) is 6.83. The highest BCUT2D eigenvalue weighted by molar-refractivity contribution is 6.30. The summed E-state index contributed by atoms with van der Waals surface area (Å²) < 4.78 is 5.48. The molecule has 0 radical (unpaired) electrons. The Hall–Kier alpha value is -2.64. The van der Waals surface area contributed by atoms with Gasteiger partial charge in [-0.2, -0.15) is 0 Å². The molecule has 176 valence electrons. The molecule has 1 fully saturated rings. The van der Waals surface area contributed by atoms with Crippen molar-refractivity contribution in [3.8, 4) is 0 Å². The molecule has 2 aromatic rings. The van der Waals surface area contributed by atoms with Gasteiger partial charge in [0.2, 0.25) is 0 Å². The average Bonchev–Trinajstić information content (AvgIpc) is 2.88. The van der Waals surface area contributed by atoms with Crippen LogP contribution in [0.2, 0.25) is 5.02 Å².